The average Bonchev–Trinajstić information content (AvgIpc) is 2.94. The fourth-order valence-electron chi connectivity index (χ4n) is 2.58. The van der Waals surface area contributed by atoms with Gasteiger partial charge in [-0.3, -0.25) is 0 Å². The van der Waals surface area contributed by atoms with Crippen LogP contribution < -0.4 is 0 Å². The van der Waals surface area contributed by atoms with E-state index in [1.807, 2.05) is 19.1 Å². The highest BCUT2D eigenvalue weighted by Crippen LogP contribution is 2.55. The van der Waals surface area contributed by atoms with Crippen molar-refractivity contribution in [2.45, 2.75) is 45.3 Å². The third-order valence-electron chi connectivity index (χ3n) is 4.00. The van der Waals surface area contributed by atoms with Crippen molar-refractivity contribution < 1.29 is 14.3 Å². The zero-order chi connectivity index (χ0) is 14.3. The lowest BCUT2D eigenvalue weighted by Gasteiger charge is -2.12. The maximum atomic E-state index is 11.7. The molecule has 0 amide bonds. The summed E-state index contributed by atoms with van der Waals surface area (Å²) in [6.45, 7) is 8.11. The predicted octanol–water partition coefficient (Wildman–Crippen LogP) is 3.06. The predicted molar refractivity (Wildman–Crippen MR) is 73.8 cm³/mol. The quantitative estimate of drug-likeness (QED) is 0.618. The van der Waals surface area contributed by atoms with Gasteiger partial charge in [0.1, 0.15) is 5.60 Å². The Hall–Kier alpha value is -1.35. The maximum absolute atomic E-state index is 11.7. The van der Waals surface area contributed by atoms with Crippen LogP contribution in [0.3, 0.4) is 0 Å². The third-order valence-corrected chi connectivity index (χ3v) is 4.00. The lowest BCUT2D eigenvalue weighted by atomic mass is 9.88. The summed E-state index contributed by atoms with van der Waals surface area (Å²) >= 11 is 0. The Morgan fingerprint density at radius 3 is 2.32 bits per heavy atom. The monoisotopic (exact) mass is 262 g/mol. The number of esters is 1. The van der Waals surface area contributed by atoms with Crippen molar-refractivity contribution in [3.8, 4) is 0 Å². The van der Waals surface area contributed by atoms with Gasteiger partial charge in [0, 0.05) is 0 Å². The molecule has 1 fully saturated rings. The molecule has 2 rings (SSSR count). The second-order valence-electron chi connectivity index (χ2n) is 5.96. The molecule has 0 aromatic heterocycles. The minimum atomic E-state index is -0.860. The van der Waals surface area contributed by atoms with Gasteiger partial charge < -0.3 is 9.47 Å². The van der Waals surface area contributed by atoms with Crippen molar-refractivity contribution in [2.24, 2.45) is 5.92 Å². The van der Waals surface area contributed by atoms with Crippen LogP contribution in [0, 0.1) is 5.92 Å². The fraction of sp³-hybridized carbons (Fsp3) is 0.562. The van der Waals surface area contributed by atoms with Crippen LogP contribution >= 0.6 is 0 Å². The van der Waals surface area contributed by atoms with Crippen LogP contribution in [-0.4, -0.2) is 18.7 Å². The smallest absolute Gasteiger partial charge is 0.341 e. The first kappa shape index (κ1) is 14.1. The second kappa shape index (κ2) is 4.64. The van der Waals surface area contributed by atoms with Gasteiger partial charge in [-0.15, -0.1) is 0 Å². The van der Waals surface area contributed by atoms with E-state index in [0.29, 0.717) is 5.92 Å². The van der Waals surface area contributed by atoms with E-state index in [2.05, 4.69) is 26.0 Å². The molecule has 0 saturated carbocycles. The number of rotatable bonds is 4. The van der Waals surface area contributed by atoms with Gasteiger partial charge in [0.2, 0.25) is 0 Å². The molecule has 2 unspecified atom stereocenters. The summed E-state index contributed by atoms with van der Waals surface area (Å²) in [7, 11) is 1.39. The van der Waals surface area contributed by atoms with E-state index in [9.17, 15) is 4.79 Å². The number of ether oxygens (including phenoxy) is 2. The first-order chi connectivity index (χ1) is 8.83. The third kappa shape index (κ3) is 2.27. The molecule has 1 aromatic rings. The summed E-state index contributed by atoms with van der Waals surface area (Å²) in [5, 5.41) is 0. The van der Waals surface area contributed by atoms with Crippen LogP contribution in [0.25, 0.3) is 0 Å². The molecule has 0 aliphatic carbocycles. The van der Waals surface area contributed by atoms with E-state index in [1.165, 1.54) is 12.7 Å². The second-order valence-corrected chi connectivity index (χ2v) is 5.96. The van der Waals surface area contributed by atoms with Gasteiger partial charge in [-0.1, -0.05) is 38.1 Å². The van der Waals surface area contributed by atoms with Gasteiger partial charge in [0.25, 0.3) is 0 Å². The normalized spacial score (nSPS) is 29.4. The Labute approximate surface area is 114 Å². The summed E-state index contributed by atoms with van der Waals surface area (Å²) in [6.07, 6.45) is 1.06. The number of hydrogen-bond donors (Lipinski definition) is 0. The topological polar surface area (TPSA) is 38.8 Å². The summed E-state index contributed by atoms with van der Waals surface area (Å²) in [5.74, 6) is 0.320. The van der Waals surface area contributed by atoms with Crippen LogP contribution in [0.1, 0.15) is 38.8 Å². The average molecular weight is 262 g/mol. The van der Waals surface area contributed by atoms with E-state index < -0.39 is 11.2 Å². The highest BCUT2D eigenvalue weighted by atomic mass is 16.7. The van der Waals surface area contributed by atoms with Crippen LogP contribution in [0.15, 0.2) is 24.3 Å². The molecule has 1 saturated heterocycles. The highest BCUT2D eigenvalue weighted by molar-refractivity contribution is 5.84. The molecule has 1 aliphatic heterocycles. The minimum Gasteiger partial charge on any atom is -0.467 e. The van der Waals surface area contributed by atoms with Gasteiger partial charge >= 0.3 is 5.97 Å². The Balaban J connectivity index is 2.18. The lowest BCUT2D eigenvalue weighted by Crippen LogP contribution is -2.29. The molecule has 0 radical (unpaired) electrons. The summed E-state index contributed by atoms with van der Waals surface area (Å²) in [5.41, 5.74) is 0.897. The summed E-state index contributed by atoms with van der Waals surface area (Å²) in [4.78, 5) is 11.7. The van der Waals surface area contributed by atoms with Gasteiger partial charge in [-0.25, -0.2) is 4.79 Å². The van der Waals surface area contributed by atoms with Crippen LogP contribution in [-0.2, 0) is 26.3 Å². The van der Waals surface area contributed by atoms with Gasteiger partial charge in [-0.2, -0.15) is 0 Å². The maximum Gasteiger partial charge on any atom is 0.341 e. The molecule has 0 spiro atoms. The fourth-order valence-corrected chi connectivity index (χ4v) is 2.58. The van der Waals surface area contributed by atoms with E-state index in [4.69, 9.17) is 9.47 Å². The molecule has 0 N–H and O–H groups in total. The van der Waals surface area contributed by atoms with Crippen LogP contribution in [0.2, 0.25) is 0 Å². The number of methoxy groups -OCH3 is 1. The lowest BCUT2D eigenvalue weighted by molar-refractivity contribution is -0.146. The molecular weight excluding hydrogens is 240 g/mol. The molecule has 1 heterocycles. The molecule has 104 valence electrons. The Bertz CT molecular complexity index is 477. The Morgan fingerprint density at radius 1 is 1.26 bits per heavy atom. The minimum absolute atomic E-state index is 0.318. The number of hydrogen-bond acceptors (Lipinski definition) is 3. The number of carbonyl (C=O) groups is 1. The summed E-state index contributed by atoms with van der Waals surface area (Å²) < 4.78 is 10.5. The molecule has 0 bridgehead atoms. The zero-order valence-corrected chi connectivity index (χ0v) is 12.3. The van der Waals surface area contributed by atoms with Crippen molar-refractivity contribution in [1.82, 2.24) is 0 Å². The van der Waals surface area contributed by atoms with Crippen molar-refractivity contribution in [3.63, 3.8) is 0 Å². The summed E-state index contributed by atoms with van der Waals surface area (Å²) in [6, 6.07) is 8.32. The van der Waals surface area contributed by atoms with E-state index >= 15 is 0 Å². The molecule has 3 heteroatoms. The van der Waals surface area contributed by atoms with Gasteiger partial charge in [0.05, 0.1) is 7.11 Å². The molecule has 1 aliphatic rings. The number of epoxide rings is 1. The van der Waals surface area contributed by atoms with E-state index in [0.717, 1.165) is 12.0 Å². The zero-order valence-electron chi connectivity index (χ0n) is 12.3. The molecule has 3 nitrogen and oxygen atoms in total. The van der Waals surface area contributed by atoms with E-state index in [-0.39, 0.29) is 5.97 Å². The SMILES string of the molecule is COC(=O)C1(C)OC1(C)c1ccc(CC(C)C)cc1. The Morgan fingerprint density at radius 2 is 1.84 bits per heavy atom. The standard InChI is InChI=1S/C16H22O3/c1-11(2)10-12-6-8-13(9-7-12)15(3)16(4,19-15)14(17)18-5/h6-9,11H,10H2,1-5H3. The molecular formula is C16H22O3. The van der Waals surface area contributed by atoms with Gasteiger partial charge in [-0.05, 0) is 37.3 Å². The van der Waals surface area contributed by atoms with Crippen LogP contribution in [0.4, 0.5) is 0 Å². The van der Waals surface area contributed by atoms with Crippen molar-refractivity contribution in [3.05, 3.63) is 35.4 Å². The highest BCUT2D eigenvalue weighted by Gasteiger charge is 2.70. The van der Waals surface area contributed by atoms with E-state index in [1.54, 1.807) is 6.92 Å². The first-order valence-electron chi connectivity index (χ1n) is 6.71. The first-order valence-corrected chi connectivity index (χ1v) is 6.71. The van der Waals surface area contributed by atoms with Crippen molar-refractivity contribution in [2.75, 3.05) is 7.11 Å². The molecule has 1 aromatic carbocycles. The van der Waals surface area contributed by atoms with Crippen LogP contribution in [0.5, 0.6) is 0 Å². The van der Waals surface area contributed by atoms with Crippen molar-refractivity contribution >= 4 is 5.97 Å². The Kier molecular flexibility index (Phi) is 3.43. The number of carbonyl (C=O) groups excluding carboxylic acids is 1. The van der Waals surface area contributed by atoms with Crippen molar-refractivity contribution in [1.29, 1.82) is 0 Å². The molecule has 2 atom stereocenters. The molecule has 19 heavy (non-hydrogen) atoms. The van der Waals surface area contributed by atoms with Gasteiger partial charge in [0.15, 0.2) is 5.60 Å². The largest absolute Gasteiger partial charge is 0.467 e. The number of benzene rings is 1.